The SMILES string of the molecule is CCCCCCCOc1ccc(-c2ncc(CCC3CCC(CCCCC)CC3)cn2)cc1. The molecule has 0 radical (unpaired) electrons. The lowest BCUT2D eigenvalue weighted by Crippen LogP contribution is -2.15. The molecular weight excluding hydrogens is 404 g/mol. The van der Waals surface area contributed by atoms with Crippen molar-refractivity contribution in [3.8, 4) is 17.1 Å². The number of rotatable bonds is 15. The third kappa shape index (κ3) is 9.47. The Bertz CT molecular complexity index is 748. The number of unbranched alkanes of at least 4 members (excludes halogenated alkanes) is 6. The highest BCUT2D eigenvalue weighted by molar-refractivity contribution is 5.55. The summed E-state index contributed by atoms with van der Waals surface area (Å²) in [5.41, 5.74) is 2.32. The molecule has 0 amide bonds. The molecule has 0 saturated heterocycles. The van der Waals surface area contributed by atoms with Crippen LogP contribution in [0.25, 0.3) is 11.4 Å². The molecule has 1 aliphatic carbocycles. The van der Waals surface area contributed by atoms with Gasteiger partial charge in [-0.25, -0.2) is 9.97 Å². The molecule has 0 bridgehead atoms. The Kier molecular flexibility index (Phi) is 11.8. The van der Waals surface area contributed by atoms with E-state index in [9.17, 15) is 0 Å². The van der Waals surface area contributed by atoms with Crippen molar-refractivity contribution >= 4 is 0 Å². The normalized spacial score (nSPS) is 18.4. The molecule has 182 valence electrons. The van der Waals surface area contributed by atoms with Gasteiger partial charge in [-0.3, -0.25) is 0 Å². The molecule has 1 aliphatic rings. The first kappa shape index (κ1) is 25.7. The molecule has 0 spiro atoms. The van der Waals surface area contributed by atoms with Crippen LogP contribution >= 0.6 is 0 Å². The summed E-state index contributed by atoms with van der Waals surface area (Å²) in [7, 11) is 0. The van der Waals surface area contributed by atoms with Crippen molar-refractivity contribution in [3.05, 3.63) is 42.2 Å². The van der Waals surface area contributed by atoms with Gasteiger partial charge in [0, 0.05) is 18.0 Å². The molecule has 2 aromatic rings. The molecule has 0 unspecified atom stereocenters. The van der Waals surface area contributed by atoms with E-state index >= 15 is 0 Å². The van der Waals surface area contributed by atoms with E-state index in [2.05, 4.69) is 35.9 Å². The van der Waals surface area contributed by atoms with Gasteiger partial charge in [-0.2, -0.15) is 0 Å². The standard InChI is InChI=1S/C30H46N2O/c1-3-5-7-8-10-22-33-29-20-18-28(19-21-29)30-31-23-27(24-32-30)17-16-26-14-12-25(13-15-26)11-9-6-4-2/h18-21,23-26H,3-17,22H2,1-2H3. The summed E-state index contributed by atoms with van der Waals surface area (Å²) in [6.45, 7) is 5.35. The monoisotopic (exact) mass is 450 g/mol. The Morgan fingerprint density at radius 1 is 0.727 bits per heavy atom. The zero-order chi connectivity index (χ0) is 23.1. The highest BCUT2D eigenvalue weighted by Crippen LogP contribution is 2.34. The number of ether oxygens (including phenoxy) is 1. The minimum absolute atomic E-state index is 0.800. The Morgan fingerprint density at radius 3 is 2.00 bits per heavy atom. The minimum atomic E-state index is 0.800. The molecule has 0 aliphatic heterocycles. The minimum Gasteiger partial charge on any atom is -0.494 e. The molecule has 1 fully saturated rings. The topological polar surface area (TPSA) is 35.0 Å². The lowest BCUT2D eigenvalue weighted by atomic mass is 9.78. The van der Waals surface area contributed by atoms with E-state index < -0.39 is 0 Å². The third-order valence-corrected chi connectivity index (χ3v) is 7.36. The molecule has 1 heterocycles. The van der Waals surface area contributed by atoms with Gasteiger partial charge in [0.1, 0.15) is 5.75 Å². The van der Waals surface area contributed by atoms with Gasteiger partial charge in [0.15, 0.2) is 5.82 Å². The van der Waals surface area contributed by atoms with Crippen LogP contribution in [-0.4, -0.2) is 16.6 Å². The van der Waals surface area contributed by atoms with E-state index in [0.717, 1.165) is 48.4 Å². The van der Waals surface area contributed by atoms with Gasteiger partial charge < -0.3 is 4.74 Å². The maximum absolute atomic E-state index is 5.88. The maximum Gasteiger partial charge on any atom is 0.159 e. The summed E-state index contributed by atoms with van der Waals surface area (Å²) in [6, 6.07) is 8.22. The molecule has 3 heteroatoms. The van der Waals surface area contributed by atoms with Crippen molar-refractivity contribution in [3.63, 3.8) is 0 Å². The van der Waals surface area contributed by atoms with Crippen LogP contribution in [0.5, 0.6) is 5.75 Å². The maximum atomic E-state index is 5.88. The summed E-state index contributed by atoms with van der Waals surface area (Å²) >= 11 is 0. The van der Waals surface area contributed by atoms with Gasteiger partial charge in [0.2, 0.25) is 0 Å². The third-order valence-electron chi connectivity index (χ3n) is 7.36. The van der Waals surface area contributed by atoms with Crippen LogP contribution in [0, 0.1) is 11.8 Å². The van der Waals surface area contributed by atoms with E-state index in [4.69, 9.17) is 4.74 Å². The predicted molar refractivity (Wildman–Crippen MR) is 140 cm³/mol. The largest absolute Gasteiger partial charge is 0.494 e. The second kappa shape index (κ2) is 15.1. The summed E-state index contributed by atoms with van der Waals surface area (Å²) in [4.78, 5) is 9.30. The van der Waals surface area contributed by atoms with E-state index in [1.165, 1.54) is 89.0 Å². The number of nitrogens with zero attached hydrogens (tertiary/aromatic N) is 2. The Labute approximate surface area is 202 Å². The first-order valence-electron chi connectivity index (χ1n) is 13.8. The number of hydrogen-bond donors (Lipinski definition) is 0. The van der Waals surface area contributed by atoms with Crippen molar-refractivity contribution in [2.24, 2.45) is 11.8 Å². The van der Waals surface area contributed by atoms with E-state index in [0.29, 0.717) is 0 Å². The van der Waals surface area contributed by atoms with Crippen molar-refractivity contribution in [1.29, 1.82) is 0 Å². The second-order valence-corrected chi connectivity index (χ2v) is 10.1. The molecular formula is C30H46N2O. The highest BCUT2D eigenvalue weighted by atomic mass is 16.5. The molecule has 0 N–H and O–H groups in total. The summed E-state index contributed by atoms with van der Waals surface area (Å²) < 4.78 is 5.88. The number of aryl methyl sites for hydroxylation is 1. The lowest BCUT2D eigenvalue weighted by molar-refractivity contribution is 0.249. The van der Waals surface area contributed by atoms with Gasteiger partial charge >= 0.3 is 0 Å². The molecule has 33 heavy (non-hydrogen) atoms. The fourth-order valence-electron chi connectivity index (χ4n) is 5.09. The lowest BCUT2D eigenvalue weighted by Gasteiger charge is -2.28. The first-order valence-corrected chi connectivity index (χ1v) is 13.8. The van der Waals surface area contributed by atoms with E-state index in [-0.39, 0.29) is 0 Å². The van der Waals surface area contributed by atoms with E-state index in [1.54, 1.807) is 0 Å². The van der Waals surface area contributed by atoms with Gasteiger partial charge in [-0.1, -0.05) is 90.9 Å². The average Bonchev–Trinajstić information content (AvgIpc) is 2.86. The van der Waals surface area contributed by atoms with Crippen LogP contribution in [0.4, 0.5) is 0 Å². The van der Waals surface area contributed by atoms with Gasteiger partial charge in [-0.15, -0.1) is 0 Å². The molecule has 1 saturated carbocycles. The van der Waals surface area contributed by atoms with Crippen molar-refractivity contribution in [1.82, 2.24) is 9.97 Å². The molecule has 1 aromatic carbocycles. The first-order chi connectivity index (χ1) is 16.3. The Morgan fingerprint density at radius 2 is 1.33 bits per heavy atom. The average molecular weight is 451 g/mol. The molecule has 3 nitrogen and oxygen atoms in total. The Balaban J connectivity index is 1.36. The van der Waals surface area contributed by atoms with Crippen molar-refractivity contribution in [2.45, 2.75) is 110 Å². The molecule has 3 rings (SSSR count). The molecule has 0 atom stereocenters. The van der Waals surface area contributed by atoms with Gasteiger partial charge in [0.25, 0.3) is 0 Å². The zero-order valence-electron chi connectivity index (χ0n) is 21.2. The summed E-state index contributed by atoms with van der Waals surface area (Å²) in [5.74, 6) is 3.63. The summed E-state index contributed by atoms with van der Waals surface area (Å²) in [6.07, 6.45) is 24.1. The number of aromatic nitrogens is 2. The van der Waals surface area contributed by atoms with Crippen LogP contribution < -0.4 is 4.74 Å². The van der Waals surface area contributed by atoms with Crippen LogP contribution in [0.15, 0.2) is 36.7 Å². The predicted octanol–water partition coefficient (Wildman–Crippen LogP) is 8.81. The fourth-order valence-corrected chi connectivity index (χ4v) is 5.09. The van der Waals surface area contributed by atoms with Crippen LogP contribution in [0.1, 0.15) is 109 Å². The highest BCUT2D eigenvalue weighted by Gasteiger charge is 2.20. The van der Waals surface area contributed by atoms with Gasteiger partial charge in [-0.05, 0) is 60.9 Å². The second-order valence-electron chi connectivity index (χ2n) is 10.1. The fraction of sp³-hybridized carbons (Fsp3) is 0.667. The molecule has 1 aromatic heterocycles. The van der Waals surface area contributed by atoms with E-state index in [1.807, 2.05) is 24.5 Å². The van der Waals surface area contributed by atoms with Crippen LogP contribution in [0.3, 0.4) is 0 Å². The number of hydrogen-bond acceptors (Lipinski definition) is 3. The smallest absolute Gasteiger partial charge is 0.159 e. The van der Waals surface area contributed by atoms with Crippen LogP contribution in [0.2, 0.25) is 0 Å². The summed E-state index contributed by atoms with van der Waals surface area (Å²) in [5, 5.41) is 0. The van der Waals surface area contributed by atoms with Crippen molar-refractivity contribution in [2.75, 3.05) is 6.61 Å². The van der Waals surface area contributed by atoms with Crippen LogP contribution in [-0.2, 0) is 6.42 Å². The quantitative estimate of drug-likeness (QED) is 0.254. The number of benzene rings is 1. The zero-order valence-corrected chi connectivity index (χ0v) is 21.2. The Hall–Kier alpha value is -1.90. The van der Waals surface area contributed by atoms with Crippen molar-refractivity contribution < 1.29 is 4.74 Å². The van der Waals surface area contributed by atoms with Gasteiger partial charge in [0.05, 0.1) is 6.61 Å².